The fraction of sp³-hybridized carbons (Fsp3) is 0.583. The van der Waals surface area contributed by atoms with E-state index in [-0.39, 0.29) is 29.9 Å². The third-order valence-corrected chi connectivity index (χ3v) is 6.29. The van der Waals surface area contributed by atoms with Crippen LogP contribution in [-0.2, 0) is 11.8 Å². The first-order chi connectivity index (χ1) is 16.1. The van der Waals surface area contributed by atoms with Gasteiger partial charge in [0.2, 0.25) is 0 Å². The van der Waals surface area contributed by atoms with Gasteiger partial charge in [0, 0.05) is 45.0 Å². The average molecular weight is 481 g/mol. The Balaban J connectivity index is 1.45. The van der Waals surface area contributed by atoms with E-state index in [4.69, 9.17) is 9.47 Å². The number of hydrogen-bond donors (Lipinski definition) is 0. The number of likely N-dealkylation sites (tertiary alicyclic amines) is 1. The second kappa shape index (κ2) is 9.95. The fourth-order valence-electron chi connectivity index (χ4n) is 4.74. The van der Waals surface area contributed by atoms with Crippen LogP contribution in [-0.4, -0.2) is 76.3 Å². The van der Waals surface area contributed by atoms with E-state index in [1.807, 2.05) is 6.07 Å². The van der Waals surface area contributed by atoms with Crippen molar-refractivity contribution in [3.05, 3.63) is 47.5 Å². The molecule has 0 aliphatic carbocycles. The first-order valence-electron chi connectivity index (χ1n) is 11.6. The molecule has 186 valence electrons. The zero-order valence-electron chi connectivity index (χ0n) is 19.7. The molecule has 10 heteroatoms. The van der Waals surface area contributed by atoms with Gasteiger partial charge in [-0.1, -0.05) is 0 Å². The SMILES string of the molecule is CC(C)Oc1ccc(C(=O)N2CCC3(CC2)CN(CC(F)F)CC(c2ccn(C)n2)O3)cc1F. The average Bonchev–Trinajstić information content (AvgIpc) is 3.21. The smallest absolute Gasteiger partial charge is 0.253 e. The number of rotatable bonds is 6. The molecule has 1 amide bonds. The zero-order valence-corrected chi connectivity index (χ0v) is 19.7. The minimum Gasteiger partial charge on any atom is -0.488 e. The topological polar surface area (TPSA) is 59.8 Å². The Morgan fingerprint density at radius 1 is 1.26 bits per heavy atom. The van der Waals surface area contributed by atoms with Gasteiger partial charge in [0.15, 0.2) is 11.6 Å². The second-order valence-electron chi connectivity index (χ2n) is 9.39. The van der Waals surface area contributed by atoms with E-state index in [1.54, 1.807) is 47.6 Å². The number of carbonyl (C=O) groups is 1. The van der Waals surface area contributed by atoms with Crippen LogP contribution in [0.25, 0.3) is 0 Å². The van der Waals surface area contributed by atoms with Crippen molar-refractivity contribution in [3.8, 4) is 5.75 Å². The number of aromatic nitrogens is 2. The zero-order chi connectivity index (χ0) is 24.5. The Kier molecular flexibility index (Phi) is 7.18. The van der Waals surface area contributed by atoms with Gasteiger partial charge in [-0.05, 0) is 51.0 Å². The van der Waals surface area contributed by atoms with Crippen LogP contribution >= 0.6 is 0 Å². The van der Waals surface area contributed by atoms with Gasteiger partial charge in [0.1, 0.15) is 6.10 Å². The predicted molar refractivity (Wildman–Crippen MR) is 120 cm³/mol. The number of piperidine rings is 1. The Hall–Kier alpha value is -2.59. The van der Waals surface area contributed by atoms with Crippen molar-refractivity contribution in [2.75, 3.05) is 32.7 Å². The van der Waals surface area contributed by atoms with Crippen LogP contribution in [0.3, 0.4) is 0 Å². The summed E-state index contributed by atoms with van der Waals surface area (Å²) in [5.74, 6) is -0.740. The van der Waals surface area contributed by atoms with Crippen LogP contribution in [0.1, 0.15) is 48.8 Å². The summed E-state index contributed by atoms with van der Waals surface area (Å²) >= 11 is 0. The van der Waals surface area contributed by atoms with E-state index in [0.717, 1.165) is 0 Å². The van der Waals surface area contributed by atoms with Gasteiger partial charge in [-0.15, -0.1) is 0 Å². The largest absolute Gasteiger partial charge is 0.488 e. The van der Waals surface area contributed by atoms with Crippen molar-refractivity contribution < 1.29 is 27.4 Å². The molecule has 0 N–H and O–H groups in total. The van der Waals surface area contributed by atoms with Crippen LogP contribution < -0.4 is 4.74 Å². The van der Waals surface area contributed by atoms with E-state index in [2.05, 4.69) is 5.10 Å². The summed E-state index contributed by atoms with van der Waals surface area (Å²) < 4.78 is 54.3. The molecule has 2 aliphatic rings. The van der Waals surface area contributed by atoms with Crippen molar-refractivity contribution in [1.82, 2.24) is 19.6 Å². The lowest BCUT2D eigenvalue weighted by Gasteiger charge is -2.49. The van der Waals surface area contributed by atoms with Crippen molar-refractivity contribution in [3.63, 3.8) is 0 Å². The molecule has 1 unspecified atom stereocenters. The van der Waals surface area contributed by atoms with Gasteiger partial charge in [-0.3, -0.25) is 14.4 Å². The van der Waals surface area contributed by atoms with Crippen LogP contribution in [0.2, 0.25) is 0 Å². The van der Waals surface area contributed by atoms with Gasteiger partial charge in [-0.25, -0.2) is 13.2 Å². The molecule has 0 saturated carbocycles. The molecule has 2 aliphatic heterocycles. The maximum absolute atomic E-state index is 14.4. The van der Waals surface area contributed by atoms with Crippen LogP contribution in [0.5, 0.6) is 5.75 Å². The maximum Gasteiger partial charge on any atom is 0.253 e. The molecule has 1 atom stereocenters. The number of ether oxygens (including phenoxy) is 2. The molecular formula is C24H31F3N4O3. The maximum atomic E-state index is 14.4. The molecular weight excluding hydrogens is 449 g/mol. The van der Waals surface area contributed by atoms with Gasteiger partial charge >= 0.3 is 0 Å². The molecule has 2 fully saturated rings. The van der Waals surface area contributed by atoms with Crippen molar-refractivity contribution in [2.24, 2.45) is 7.05 Å². The molecule has 1 aromatic heterocycles. The first kappa shape index (κ1) is 24.5. The van der Waals surface area contributed by atoms with Gasteiger partial charge in [0.25, 0.3) is 12.3 Å². The number of hydrogen-bond acceptors (Lipinski definition) is 5. The Morgan fingerprint density at radius 2 is 2.00 bits per heavy atom. The summed E-state index contributed by atoms with van der Waals surface area (Å²) in [5, 5.41) is 4.41. The number of alkyl halides is 2. The number of aryl methyl sites for hydroxylation is 1. The minimum absolute atomic E-state index is 0.111. The van der Waals surface area contributed by atoms with E-state index in [1.165, 1.54) is 12.1 Å². The lowest BCUT2D eigenvalue weighted by Crippen LogP contribution is -2.58. The van der Waals surface area contributed by atoms with Gasteiger partial charge in [-0.2, -0.15) is 5.10 Å². The minimum atomic E-state index is -2.45. The Bertz CT molecular complexity index is 1010. The monoisotopic (exact) mass is 480 g/mol. The number of carbonyl (C=O) groups excluding carboxylic acids is 1. The summed E-state index contributed by atoms with van der Waals surface area (Å²) in [5.41, 5.74) is 0.310. The molecule has 3 heterocycles. The molecule has 1 spiro atoms. The molecule has 2 aromatic rings. The Labute approximate surface area is 197 Å². The Morgan fingerprint density at radius 3 is 2.59 bits per heavy atom. The predicted octanol–water partition coefficient (Wildman–Crippen LogP) is 3.66. The molecule has 34 heavy (non-hydrogen) atoms. The number of morpholine rings is 1. The van der Waals surface area contributed by atoms with Gasteiger partial charge < -0.3 is 14.4 Å². The lowest BCUT2D eigenvalue weighted by molar-refractivity contribution is -0.181. The number of nitrogens with zero attached hydrogens (tertiary/aromatic N) is 4. The van der Waals surface area contributed by atoms with Crippen molar-refractivity contribution >= 4 is 5.91 Å². The molecule has 0 radical (unpaired) electrons. The quantitative estimate of drug-likeness (QED) is 0.632. The summed E-state index contributed by atoms with van der Waals surface area (Å²) in [6.07, 6.45) is -0.242. The number of amides is 1. The highest BCUT2D eigenvalue weighted by molar-refractivity contribution is 5.94. The van der Waals surface area contributed by atoms with Crippen LogP contribution in [0, 0.1) is 5.82 Å². The number of benzene rings is 1. The summed E-state index contributed by atoms with van der Waals surface area (Å²) in [6.45, 7) is 4.77. The van der Waals surface area contributed by atoms with Crippen LogP contribution in [0.4, 0.5) is 13.2 Å². The third kappa shape index (κ3) is 5.55. The highest BCUT2D eigenvalue weighted by Gasteiger charge is 2.45. The normalized spacial score (nSPS) is 20.9. The summed E-state index contributed by atoms with van der Waals surface area (Å²) in [7, 11) is 1.80. The lowest BCUT2D eigenvalue weighted by atomic mass is 9.88. The van der Waals surface area contributed by atoms with E-state index >= 15 is 0 Å². The van der Waals surface area contributed by atoms with Crippen molar-refractivity contribution in [2.45, 2.75) is 50.9 Å². The molecule has 7 nitrogen and oxygen atoms in total. The highest BCUT2D eigenvalue weighted by Crippen LogP contribution is 2.38. The second-order valence-corrected chi connectivity index (χ2v) is 9.39. The van der Waals surface area contributed by atoms with Crippen molar-refractivity contribution in [1.29, 1.82) is 0 Å². The standard InChI is InChI=1S/C24H31F3N4O3/c1-16(2)33-20-5-4-17(12-18(20)25)23(32)31-10-7-24(8-11-31)15-30(14-22(26)27)13-21(34-24)19-6-9-29(3)28-19/h4-6,9,12,16,21-22H,7-8,10-11,13-15H2,1-3H3. The first-order valence-corrected chi connectivity index (χ1v) is 11.6. The highest BCUT2D eigenvalue weighted by atomic mass is 19.3. The summed E-state index contributed by atoms with van der Waals surface area (Å²) in [4.78, 5) is 16.4. The third-order valence-electron chi connectivity index (χ3n) is 6.29. The molecule has 0 bridgehead atoms. The van der Waals surface area contributed by atoms with E-state index in [0.29, 0.717) is 44.7 Å². The molecule has 1 aromatic carbocycles. The fourth-order valence-corrected chi connectivity index (χ4v) is 4.74. The van der Waals surface area contributed by atoms with Crippen LogP contribution in [0.15, 0.2) is 30.5 Å². The molecule has 2 saturated heterocycles. The summed E-state index contributed by atoms with van der Waals surface area (Å²) in [6, 6.07) is 6.07. The van der Waals surface area contributed by atoms with E-state index in [9.17, 15) is 18.0 Å². The van der Waals surface area contributed by atoms with E-state index < -0.39 is 23.9 Å². The molecule has 4 rings (SSSR count). The van der Waals surface area contributed by atoms with Gasteiger partial charge in [0.05, 0.1) is 23.9 Å². The number of halogens is 3.